The molecule has 1 aromatic rings. The molecule has 1 aliphatic carbocycles. The molecule has 1 aromatic carbocycles. The van der Waals surface area contributed by atoms with Gasteiger partial charge < -0.3 is 9.47 Å². The van der Waals surface area contributed by atoms with Crippen LogP contribution in [-0.2, 0) is 32.2 Å². The fraction of sp³-hybridized carbons (Fsp3) is 0.556. The summed E-state index contributed by atoms with van der Waals surface area (Å²) in [6, 6.07) is 0. The van der Waals surface area contributed by atoms with Crippen molar-refractivity contribution in [3.05, 3.63) is 22.3 Å². The first-order valence-electron chi connectivity index (χ1n) is 10.8. The minimum atomic E-state index is -5.25. The number of ether oxygens (including phenoxy) is 2. The lowest BCUT2D eigenvalue weighted by Crippen LogP contribution is -2.42. The first-order valence-corrected chi connectivity index (χ1v) is 12.4. The second-order valence-electron chi connectivity index (χ2n) is 8.16. The lowest BCUT2D eigenvalue weighted by atomic mass is 9.68. The largest absolute Gasteiger partial charge is 0.459 e. The van der Waals surface area contributed by atoms with Crippen molar-refractivity contribution in [3.63, 3.8) is 0 Å². The highest BCUT2D eigenvalue weighted by Gasteiger charge is 2.46. The minimum Gasteiger partial charge on any atom is -0.459 e. The van der Waals surface area contributed by atoms with Crippen LogP contribution in [-0.4, -0.2) is 80.4 Å². The Hall–Kier alpha value is -1.88. The van der Waals surface area contributed by atoms with Gasteiger partial charge in [0.25, 0.3) is 10.1 Å². The molecule has 15 heteroatoms. The predicted molar refractivity (Wildman–Crippen MR) is 127 cm³/mol. The third-order valence-electron chi connectivity index (χ3n) is 5.95. The number of esters is 2. The number of alkyl halides is 3. The summed E-state index contributed by atoms with van der Waals surface area (Å²) in [5.74, 6) is -4.17. The Morgan fingerprint density at radius 1 is 1.00 bits per heavy atom. The summed E-state index contributed by atoms with van der Waals surface area (Å²) in [5, 5.41) is 0. The Balaban J connectivity index is 2.62. The van der Waals surface area contributed by atoms with Gasteiger partial charge in [0, 0.05) is 0 Å². The van der Waals surface area contributed by atoms with Gasteiger partial charge in [0.2, 0.25) is 6.10 Å². The lowest BCUT2D eigenvalue weighted by molar-refractivity contribution is -0.197. The molecule has 0 radical (unpaired) electrons. The van der Waals surface area contributed by atoms with Crippen molar-refractivity contribution in [2.75, 3.05) is 5.75 Å². The predicted octanol–water partition coefficient (Wildman–Crippen LogP) is -2.46. The molecule has 1 aliphatic rings. The molecule has 0 amide bonds. The second kappa shape index (κ2) is 10.6. The fourth-order valence-corrected chi connectivity index (χ4v) is 5.02. The van der Waals surface area contributed by atoms with Crippen LogP contribution in [0.5, 0.6) is 0 Å². The van der Waals surface area contributed by atoms with Crippen LogP contribution in [0.4, 0.5) is 13.2 Å². The molecule has 0 saturated heterocycles. The van der Waals surface area contributed by atoms with Crippen LogP contribution in [0, 0.1) is 0 Å². The zero-order valence-electron chi connectivity index (χ0n) is 19.0. The summed E-state index contributed by atoms with van der Waals surface area (Å²) in [4.78, 5) is 26.1. The van der Waals surface area contributed by atoms with Crippen LogP contribution in [0.25, 0.3) is 0 Å². The maximum absolute atomic E-state index is 13.4. The molecule has 178 valence electrons. The molecule has 1 unspecified atom stereocenters. The molecule has 7 nitrogen and oxygen atoms in total. The monoisotopic (exact) mass is 486 g/mol. The highest BCUT2D eigenvalue weighted by Crippen LogP contribution is 2.28. The molecule has 1 N–H and O–H groups in total. The summed E-state index contributed by atoms with van der Waals surface area (Å²) in [6.07, 6.45) is -4.92. The van der Waals surface area contributed by atoms with Crippen LogP contribution in [0.1, 0.15) is 57.5 Å². The first-order chi connectivity index (χ1) is 15.2. The van der Waals surface area contributed by atoms with E-state index in [2.05, 4.69) is 4.74 Å². The summed E-state index contributed by atoms with van der Waals surface area (Å²) < 4.78 is 81.3. The van der Waals surface area contributed by atoms with E-state index in [-0.39, 0.29) is 23.6 Å². The molecular formula is C18H25B4F3O7S. The standard InChI is InChI=1S/C18H25B4F3O7S/c19-5-9-12(16(26)32-11(18(23,24)25)7-33(28,29)30)13(15(22)10(6-20)14(9)21)17(27)31-8-3-1-2-4-8/h8,11H,1-7,19-22H2,(H,28,29,30). The molecule has 0 aromatic heterocycles. The summed E-state index contributed by atoms with van der Waals surface area (Å²) >= 11 is 0. The van der Waals surface area contributed by atoms with Gasteiger partial charge in [0.1, 0.15) is 43.2 Å². The van der Waals surface area contributed by atoms with Crippen molar-refractivity contribution in [1.82, 2.24) is 0 Å². The van der Waals surface area contributed by atoms with Gasteiger partial charge in [-0.3, -0.25) is 4.55 Å². The van der Waals surface area contributed by atoms with E-state index in [4.69, 9.17) is 9.29 Å². The number of carbonyl (C=O) groups excluding carboxylic acids is 2. The fourth-order valence-electron chi connectivity index (χ4n) is 4.38. The van der Waals surface area contributed by atoms with E-state index in [1.165, 1.54) is 0 Å². The quantitative estimate of drug-likeness (QED) is 0.247. The van der Waals surface area contributed by atoms with E-state index >= 15 is 0 Å². The molecule has 0 heterocycles. The highest BCUT2D eigenvalue weighted by atomic mass is 32.2. The Labute approximate surface area is 194 Å². The first kappa shape index (κ1) is 27.4. The topological polar surface area (TPSA) is 107 Å². The Morgan fingerprint density at radius 3 is 2.00 bits per heavy atom. The molecule has 2 rings (SSSR count). The van der Waals surface area contributed by atoms with Crippen LogP contribution in [0.3, 0.4) is 0 Å². The van der Waals surface area contributed by atoms with E-state index in [1.807, 2.05) is 7.85 Å². The summed E-state index contributed by atoms with van der Waals surface area (Å²) in [6.45, 7) is 0. The van der Waals surface area contributed by atoms with Gasteiger partial charge in [-0.05, 0) is 31.2 Å². The van der Waals surface area contributed by atoms with Crippen LogP contribution < -0.4 is 10.9 Å². The van der Waals surface area contributed by atoms with Crippen molar-refractivity contribution < 1.29 is 45.2 Å². The number of hydrogen-bond acceptors (Lipinski definition) is 6. The van der Waals surface area contributed by atoms with Crippen LogP contribution in [0.15, 0.2) is 0 Å². The maximum atomic E-state index is 13.4. The Morgan fingerprint density at radius 2 is 1.55 bits per heavy atom. The van der Waals surface area contributed by atoms with Crippen LogP contribution >= 0.6 is 0 Å². The molecule has 1 fully saturated rings. The summed E-state index contributed by atoms with van der Waals surface area (Å²) in [5.41, 5.74) is 1.61. The number of carbonyl (C=O) groups is 2. The number of halogens is 3. The molecule has 33 heavy (non-hydrogen) atoms. The van der Waals surface area contributed by atoms with Gasteiger partial charge >= 0.3 is 18.1 Å². The summed E-state index contributed by atoms with van der Waals surface area (Å²) in [7, 11) is 1.72. The maximum Gasteiger partial charge on any atom is 0.426 e. The smallest absolute Gasteiger partial charge is 0.426 e. The number of hydrogen-bond donors (Lipinski definition) is 1. The molecule has 0 bridgehead atoms. The SMILES string of the molecule is BCc1c(B)c(CB)c(C(=O)OC(CS(=O)(=O)O)C(F)(F)F)c(C(=O)OC2CCCC2)c1B. The Kier molecular flexibility index (Phi) is 8.78. The minimum absolute atomic E-state index is 0.168. The third kappa shape index (κ3) is 6.59. The normalized spacial score (nSPS) is 15.9. The van der Waals surface area contributed by atoms with E-state index in [9.17, 15) is 31.2 Å². The average Bonchev–Trinajstić information content (AvgIpc) is 3.18. The van der Waals surface area contributed by atoms with E-state index in [0.29, 0.717) is 35.7 Å². The van der Waals surface area contributed by atoms with E-state index in [0.717, 1.165) is 18.4 Å². The van der Waals surface area contributed by atoms with Gasteiger partial charge in [0.15, 0.2) is 0 Å². The van der Waals surface area contributed by atoms with Crippen molar-refractivity contribution in [3.8, 4) is 0 Å². The van der Waals surface area contributed by atoms with E-state index in [1.54, 1.807) is 23.5 Å². The van der Waals surface area contributed by atoms with Gasteiger partial charge in [-0.15, -0.1) is 0 Å². The van der Waals surface area contributed by atoms with E-state index < -0.39 is 40.1 Å². The van der Waals surface area contributed by atoms with Gasteiger partial charge in [0.05, 0.1) is 11.1 Å². The lowest BCUT2D eigenvalue weighted by Gasteiger charge is -2.25. The number of benzene rings is 1. The van der Waals surface area contributed by atoms with Gasteiger partial charge in [-0.25, -0.2) is 9.59 Å². The zero-order chi connectivity index (χ0) is 25.1. The van der Waals surface area contributed by atoms with Crippen molar-refractivity contribution in [1.29, 1.82) is 0 Å². The third-order valence-corrected chi connectivity index (χ3v) is 6.68. The Bertz CT molecular complexity index is 1030. The molecule has 0 spiro atoms. The average molecular weight is 486 g/mol. The van der Waals surface area contributed by atoms with Crippen molar-refractivity contribution in [2.24, 2.45) is 0 Å². The molecule has 0 aliphatic heterocycles. The van der Waals surface area contributed by atoms with Gasteiger partial charge in [-0.1, -0.05) is 29.1 Å². The van der Waals surface area contributed by atoms with Crippen molar-refractivity contribution in [2.45, 2.75) is 56.7 Å². The molecule has 1 saturated carbocycles. The molecular weight excluding hydrogens is 461 g/mol. The number of rotatable bonds is 8. The van der Waals surface area contributed by atoms with Gasteiger partial charge in [-0.2, -0.15) is 21.6 Å². The highest BCUT2D eigenvalue weighted by molar-refractivity contribution is 7.85. The second-order valence-corrected chi connectivity index (χ2v) is 9.66. The molecule has 1 atom stereocenters. The van der Waals surface area contributed by atoms with Crippen molar-refractivity contribution >= 4 is 64.4 Å². The zero-order valence-corrected chi connectivity index (χ0v) is 19.9. The van der Waals surface area contributed by atoms with Crippen LogP contribution in [0.2, 0.25) is 0 Å².